The molecule has 1 aliphatic heterocycles. The lowest BCUT2D eigenvalue weighted by molar-refractivity contribution is -0.160. The van der Waals surface area contributed by atoms with Crippen molar-refractivity contribution in [2.24, 2.45) is 0 Å². The smallest absolute Gasteiger partial charge is 0.337 e. The number of nitrogens with one attached hydrogen (secondary N) is 1. The molecule has 0 aliphatic carbocycles. The Morgan fingerprint density at radius 2 is 1.92 bits per heavy atom. The first-order valence-electron chi connectivity index (χ1n) is 12.5. The third-order valence-corrected chi connectivity index (χ3v) is 7.47. The number of aromatic nitrogens is 1. The summed E-state index contributed by atoms with van der Waals surface area (Å²) in [6, 6.07) is 9.11. The van der Waals surface area contributed by atoms with Gasteiger partial charge in [-0.1, -0.05) is 11.2 Å². The quantitative estimate of drug-likeness (QED) is 0.383. The van der Waals surface area contributed by atoms with Crippen molar-refractivity contribution in [2.75, 3.05) is 11.3 Å². The standard InChI is InChI=1S/C28H34N2O7S/c1-16-12-22(30-38(33,34)15-21-13-17(2)37-29-21)18(3)25(26(27(31)32)36-28(4,5)6)24(16)20-9-10-23-19(14-20)8-7-11-35-23/h9-10,12-14,26,30H,7-8,11,15H2,1-6H3,(H,31,32). The summed E-state index contributed by atoms with van der Waals surface area (Å²) in [7, 11) is -3.88. The highest BCUT2D eigenvalue weighted by Crippen LogP contribution is 2.42. The minimum atomic E-state index is -3.88. The van der Waals surface area contributed by atoms with Gasteiger partial charge in [0.15, 0.2) is 6.10 Å². The minimum absolute atomic E-state index is 0.275. The number of carbonyl (C=O) groups is 1. The molecule has 0 fully saturated rings. The number of aliphatic carboxylic acids is 1. The van der Waals surface area contributed by atoms with Gasteiger partial charge in [-0.25, -0.2) is 13.2 Å². The van der Waals surface area contributed by atoms with E-state index >= 15 is 0 Å². The van der Waals surface area contributed by atoms with Gasteiger partial charge in [0.2, 0.25) is 10.0 Å². The zero-order valence-corrected chi connectivity index (χ0v) is 23.4. The topological polar surface area (TPSA) is 128 Å². The van der Waals surface area contributed by atoms with Crippen LogP contribution in [0.25, 0.3) is 11.1 Å². The van der Waals surface area contributed by atoms with Gasteiger partial charge in [-0.15, -0.1) is 0 Å². The largest absolute Gasteiger partial charge is 0.493 e. The molecule has 0 saturated carbocycles. The molecule has 3 aromatic rings. The molecule has 1 aliphatic rings. The summed E-state index contributed by atoms with van der Waals surface area (Å²) in [6.45, 7) is 11.2. The van der Waals surface area contributed by atoms with Crippen LogP contribution in [0.4, 0.5) is 5.69 Å². The second kappa shape index (κ2) is 10.4. The Balaban J connectivity index is 1.87. The average Bonchev–Trinajstić information content (AvgIpc) is 3.22. The first-order valence-corrected chi connectivity index (χ1v) is 14.1. The molecule has 0 radical (unpaired) electrons. The van der Waals surface area contributed by atoms with Gasteiger partial charge >= 0.3 is 5.97 Å². The Labute approximate surface area is 223 Å². The molecular formula is C28H34N2O7S. The second-order valence-electron chi connectivity index (χ2n) is 10.7. The van der Waals surface area contributed by atoms with Crippen LogP contribution in [-0.4, -0.2) is 36.9 Å². The third kappa shape index (κ3) is 6.19. The highest BCUT2D eigenvalue weighted by atomic mass is 32.2. The molecule has 1 atom stereocenters. The first kappa shape index (κ1) is 27.7. The van der Waals surface area contributed by atoms with Crippen LogP contribution in [0.3, 0.4) is 0 Å². The van der Waals surface area contributed by atoms with Crippen LogP contribution in [-0.2, 0) is 31.7 Å². The summed E-state index contributed by atoms with van der Waals surface area (Å²) in [5, 5.41) is 14.1. The molecule has 2 N–H and O–H groups in total. The molecule has 9 nitrogen and oxygen atoms in total. The lowest BCUT2D eigenvalue weighted by Gasteiger charge is -2.30. The Bertz CT molecular complexity index is 1470. The summed E-state index contributed by atoms with van der Waals surface area (Å²) in [6.07, 6.45) is 0.424. The molecule has 2 aromatic carbocycles. The van der Waals surface area contributed by atoms with E-state index in [1.807, 2.05) is 25.1 Å². The van der Waals surface area contributed by atoms with E-state index in [0.717, 1.165) is 29.7 Å². The van der Waals surface area contributed by atoms with Gasteiger partial charge in [-0.2, -0.15) is 0 Å². The van der Waals surface area contributed by atoms with Gasteiger partial charge in [-0.05, 0) is 100 Å². The monoisotopic (exact) mass is 542 g/mol. The molecule has 1 unspecified atom stereocenters. The predicted molar refractivity (Wildman–Crippen MR) is 144 cm³/mol. The number of sulfonamides is 1. The van der Waals surface area contributed by atoms with Crippen molar-refractivity contribution in [3.8, 4) is 16.9 Å². The number of carboxylic acid groups (broad SMARTS) is 1. The second-order valence-corrected chi connectivity index (χ2v) is 12.4. The fourth-order valence-electron chi connectivity index (χ4n) is 4.75. The number of fused-ring (bicyclic) bond motifs is 1. The number of benzene rings is 2. The van der Waals surface area contributed by atoms with Crippen molar-refractivity contribution in [3.63, 3.8) is 0 Å². The van der Waals surface area contributed by atoms with Crippen molar-refractivity contribution >= 4 is 21.7 Å². The number of hydrogen-bond donors (Lipinski definition) is 2. The van der Waals surface area contributed by atoms with Crippen molar-refractivity contribution in [1.29, 1.82) is 0 Å². The number of carboxylic acids is 1. The lowest BCUT2D eigenvalue weighted by Crippen LogP contribution is -2.29. The van der Waals surface area contributed by atoms with E-state index in [1.54, 1.807) is 46.8 Å². The SMILES string of the molecule is Cc1cc(CS(=O)(=O)Nc2cc(C)c(-c3ccc4c(c3)CCCO4)c(C(OC(C)(C)C)C(=O)O)c2C)no1. The van der Waals surface area contributed by atoms with Crippen molar-refractivity contribution < 1.29 is 32.3 Å². The minimum Gasteiger partial charge on any atom is -0.493 e. The van der Waals surface area contributed by atoms with Crippen LogP contribution in [0, 0.1) is 20.8 Å². The summed E-state index contributed by atoms with van der Waals surface area (Å²) in [5.41, 5.74) is 3.93. The Morgan fingerprint density at radius 3 is 2.55 bits per heavy atom. The third-order valence-electron chi connectivity index (χ3n) is 6.27. The number of nitrogens with zero attached hydrogens (tertiary/aromatic N) is 1. The average molecular weight is 543 g/mol. The maximum atomic E-state index is 13.0. The first-order chi connectivity index (χ1) is 17.7. The van der Waals surface area contributed by atoms with E-state index in [-0.39, 0.29) is 17.1 Å². The van der Waals surface area contributed by atoms with Crippen LogP contribution >= 0.6 is 0 Å². The van der Waals surface area contributed by atoms with Gasteiger partial charge in [0, 0.05) is 11.6 Å². The fourth-order valence-corrected chi connectivity index (χ4v) is 5.89. The summed E-state index contributed by atoms with van der Waals surface area (Å²) in [4.78, 5) is 12.6. The van der Waals surface area contributed by atoms with Crippen LogP contribution in [0.15, 0.2) is 34.9 Å². The highest BCUT2D eigenvalue weighted by molar-refractivity contribution is 7.91. The van der Waals surface area contributed by atoms with Gasteiger partial charge in [0.25, 0.3) is 0 Å². The molecule has 1 aromatic heterocycles. The van der Waals surface area contributed by atoms with Crippen molar-refractivity contribution in [3.05, 3.63) is 64.0 Å². The van der Waals surface area contributed by atoms with Gasteiger partial charge in [0.05, 0.1) is 17.9 Å². The maximum Gasteiger partial charge on any atom is 0.337 e. The molecular weight excluding hydrogens is 508 g/mol. The Morgan fingerprint density at radius 1 is 1.18 bits per heavy atom. The number of hydrogen-bond acceptors (Lipinski definition) is 7. The number of aryl methyl sites for hydroxylation is 3. The van der Waals surface area contributed by atoms with E-state index in [0.29, 0.717) is 34.6 Å². The zero-order chi connectivity index (χ0) is 27.8. The van der Waals surface area contributed by atoms with Crippen LogP contribution < -0.4 is 9.46 Å². The van der Waals surface area contributed by atoms with E-state index in [2.05, 4.69) is 9.88 Å². The number of ether oxygens (including phenoxy) is 2. The van der Waals surface area contributed by atoms with Crippen LogP contribution in [0.2, 0.25) is 0 Å². The lowest BCUT2D eigenvalue weighted by atomic mass is 9.86. The van der Waals surface area contributed by atoms with Gasteiger partial charge in [0.1, 0.15) is 23.0 Å². The van der Waals surface area contributed by atoms with Crippen LogP contribution in [0.1, 0.15) is 67.0 Å². The molecule has 2 heterocycles. The molecule has 0 spiro atoms. The van der Waals surface area contributed by atoms with E-state index < -0.39 is 27.7 Å². The summed E-state index contributed by atoms with van der Waals surface area (Å²) >= 11 is 0. The predicted octanol–water partition coefficient (Wildman–Crippen LogP) is 5.47. The molecule has 38 heavy (non-hydrogen) atoms. The molecule has 0 saturated heterocycles. The maximum absolute atomic E-state index is 13.0. The Hall–Kier alpha value is -3.37. The van der Waals surface area contributed by atoms with E-state index in [4.69, 9.17) is 14.0 Å². The van der Waals surface area contributed by atoms with Gasteiger partial charge in [-0.3, -0.25) is 4.72 Å². The summed E-state index contributed by atoms with van der Waals surface area (Å²) in [5.74, 6) is -0.217. The zero-order valence-electron chi connectivity index (χ0n) is 22.5. The van der Waals surface area contributed by atoms with Crippen molar-refractivity contribution in [2.45, 2.75) is 71.8 Å². The van der Waals surface area contributed by atoms with E-state index in [9.17, 15) is 18.3 Å². The molecule has 204 valence electrons. The van der Waals surface area contributed by atoms with Crippen molar-refractivity contribution in [1.82, 2.24) is 5.16 Å². The van der Waals surface area contributed by atoms with E-state index in [1.165, 1.54) is 0 Å². The highest BCUT2D eigenvalue weighted by Gasteiger charge is 2.33. The number of anilines is 1. The molecule has 0 bridgehead atoms. The molecule has 0 amide bonds. The fraction of sp³-hybridized carbons (Fsp3) is 0.429. The van der Waals surface area contributed by atoms with Gasteiger partial charge < -0.3 is 19.1 Å². The molecule has 4 rings (SSSR count). The number of rotatable bonds is 8. The Kier molecular flexibility index (Phi) is 7.58. The van der Waals surface area contributed by atoms with Crippen LogP contribution in [0.5, 0.6) is 5.75 Å². The normalized spacial score (nSPS) is 14.5. The molecule has 10 heteroatoms. The summed E-state index contributed by atoms with van der Waals surface area (Å²) < 4.78 is 45.5.